The van der Waals surface area contributed by atoms with Gasteiger partial charge in [-0.1, -0.05) is 12.1 Å². The Labute approximate surface area is 121 Å². The predicted octanol–water partition coefficient (Wildman–Crippen LogP) is 3.67. The van der Waals surface area contributed by atoms with Crippen LogP contribution in [0.2, 0.25) is 0 Å². The SMILES string of the molecule is CCOc1ccccc1C(=O)Nc1ncc(C2CC2)s1. The molecule has 0 saturated heterocycles. The lowest BCUT2D eigenvalue weighted by atomic mass is 10.2. The fraction of sp³-hybridized carbons (Fsp3) is 0.333. The zero-order valence-electron chi connectivity index (χ0n) is 11.3. The first-order valence-electron chi connectivity index (χ1n) is 6.77. The molecule has 0 aliphatic heterocycles. The monoisotopic (exact) mass is 288 g/mol. The number of aromatic nitrogens is 1. The number of nitrogens with one attached hydrogen (secondary N) is 1. The van der Waals surface area contributed by atoms with E-state index in [4.69, 9.17) is 4.74 Å². The van der Waals surface area contributed by atoms with E-state index in [2.05, 4.69) is 10.3 Å². The number of benzene rings is 1. The molecule has 4 nitrogen and oxygen atoms in total. The maximum Gasteiger partial charge on any atom is 0.261 e. The zero-order valence-corrected chi connectivity index (χ0v) is 12.1. The largest absolute Gasteiger partial charge is 0.493 e. The van der Waals surface area contributed by atoms with Crippen molar-refractivity contribution in [3.05, 3.63) is 40.9 Å². The smallest absolute Gasteiger partial charge is 0.261 e. The van der Waals surface area contributed by atoms with Crippen LogP contribution in [-0.4, -0.2) is 17.5 Å². The minimum absolute atomic E-state index is 0.175. The molecule has 0 atom stereocenters. The maximum absolute atomic E-state index is 12.3. The van der Waals surface area contributed by atoms with Gasteiger partial charge < -0.3 is 4.74 Å². The van der Waals surface area contributed by atoms with E-state index in [1.54, 1.807) is 23.5 Å². The Hall–Kier alpha value is -1.88. The molecule has 0 spiro atoms. The van der Waals surface area contributed by atoms with E-state index in [-0.39, 0.29) is 5.91 Å². The van der Waals surface area contributed by atoms with E-state index in [0.29, 0.717) is 29.0 Å². The van der Waals surface area contributed by atoms with Crippen LogP contribution in [0.5, 0.6) is 5.75 Å². The van der Waals surface area contributed by atoms with E-state index in [1.807, 2.05) is 25.3 Å². The van der Waals surface area contributed by atoms with Gasteiger partial charge in [0.15, 0.2) is 5.13 Å². The van der Waals surface area contributed by atoms with Crippen LogP contribution in [-0.2, 0) is 0 Å². The average molecular weight is 288 g/mol. The minimum Gasteiger partial charge on any atom is -0.493 e. The van der Waals surface area contributed by atoms with Gasteiger partial charge in [-0.2, -0.15) is 0 Å². The summed E-state index contributed by atoms with van der Waals surface area (Å²) in [7, 11) is 0. The van der Waals surface area contributed by atoms with E-state index in [9.17, 15) is 4.79 Å². The molecule has 20 heavy (non-hydrogen) atoms. The van der Waals surface area contributed by atoms with Gasteiger partial charge in [0.1, 0.15) is 5.75 Å². The quantitative estimate of drug-likeness (QED) is 0.913. The van der Waals surface area contributed by atoms with Gasteiger partial charge in [0, 0.05) is 11.1 Å². The summed E-state index contributed by atoms with van der Waals surface area (Å²) in [5.74, 6) is 1.09. The van der Waals surface area contributed by atoms with Crippen molar-refractivity contribution in [3.8, 4) is 5.75 Å². The number of anilines is 1. The fourth-order valence-corrected chi connectivity index (χ4v) is 2.98. The van der Waals surface area contributed by atoms with Gasteiger partial charge in [-0.05, 0) is 37.8 Å². The first-order valence-corrected chi connectivity index (χ1v) is 7.58. The molecule has 1 fully saturated rings. The van der Waals surface area contributed by atoms with Gasteiger partial charge in [0.05, 0.1) is 12.2 Å². The van der Waals surface area contributed by atoms with E-state index >= 15 is 0 Å². The predicted molar refractivity (Wildman–Crippen MR) is 79.7 cm³/mol. The molecule has 1 amide bonds. The van der Waals surface area contributed by atoms with Crippen LogP contribution in [0.4, 0.5) is 5.13 Å². The molecule has 1 saturated carbocycles. The highest BCUT2D eigenvalue weighted by atomic mass is 32.1. The summed E-state index contributed by atoms with van der Waals surface area (Å²) < 4.78 is 5.47. The van der Waals surface area contributed by atoms with E-state index in [0.717, 1.165) is 0 Å². The van der Waals surface area contributed by atoms with Gasteiger partial charge in [-0.15, -0.1) is 11.3 Å². The maximum atomic E-state index is 12.3. The summed E-state index contributed by atoms with van der Waals surface area (Å²) in [6, 6.07) is 7.25. The number of ether oxygens (including phenoxy) is 1. The molecule has 0 unspecified atom stereocenters. The summed E-state index contributed by atoms with van der Waals surface area (Å²) >= 11 is 1.56. The van der Waals surface area contributed by atoms with Crippen molar-refractivity contribution in [2.24, 2.45) is 0 Å². The summed E-state index contributed by atoms with van der Waals surface area (Å²) in [5, 5.41) is 3.50. The molecular weight excluding hydrogens is 272 g/mol. The zero-order chi connectivity index (χ0) is 13.9. The number of amides is 1. The van der Waals surface area contributed by atoms with Crippen molar-refractivity contribution in [1.82, 2.24) is 4.98 Å². The fourth-order valence-electron chi connectivity index (χ4n) is 2.00. The van der Waals surface area contributed by atoms with Crippen molar-refractivity contribution in [2.45, 2.75) is 25.7 Å². The second-order valence-electron chi connectivity index (χ2n) is 4.73. The summed E-state index contributed by atoms with van der Waals surface area (Å²) in [6.45, 7) is 2.44. The third-order valence-corrected chi connectivity index (χ3v) is 4.23. The Bertz CT molecular complexity index is 620. The van der Waals surface area contributed by atoms with Crippen molar-refractivity contribution in [2.75, 3.05) is 11.9 Å². The summed E-state index contributed by atoms with van der Waals surface area (Å²) in [4.78, 5) is 17.8. The number of rotatable bonds is 5. The molecule has 104 valence electrons. The minimum atomic E-state index is -0.175. The Balaban J connectivity index is 1.74. The lowest BCUT2D eigenvalue weighted by Gasteiger charge is -2.08. The molecule has 1 aliphatic carbocycles. The van der Waals surface area contributed by atoms with Gasteiger partial charge >= 0.3 is 0 Å². The van der Waals surface area contributed by atoms with Crippen molar-refractivity contribution in [3.63, 3.8) is 0 Å². The third-order valence-electron chi connectivity index (χ3n) is 3.16. The molecule has 3 rings (SSSR count). The van der Waals surface area contributed by atoms with Crippen LogP contribution < -0.4 is 10.1 Å². The molecule has 1 heterocycles. The standard InChI is InChI=1S/C15H16N2O2S/c1-2-19-12-6-4-3-5-11(12)14(18)17-15-16-9-13(20-15)10-7-8-10/h3-6,9-10H,2,7-8H2,1H3,(H,16,17,18). The highest BCUT2D eigenvalue weighted by Gasteiger charge is 2.26. The van der Waals surface area contributed by atoms with E-state index < -0.39 is 0 Å². The number of hydrogen-bond acceptors (Lipinski definition) is 4. The Kier molecular flexibility index (Phi) is 3.69. The third kappa shape index (κ3) is 2.82. The van der Waals surface area contributed by atoms with Crippen molar-refractivity contribution < 1.29 is 9.53 Å². The molecular formula is C15H16N2O2S. The Morgan fingerprint density at radius 2 is 2.25 bits per heavy atom. The second kappa shape index (κ2) is 5.63. The van der Waals surface area contributed by atoms with Crippen LogP contribution >= 0.6 is 11.3 Å². The number of carbonyl (C=O) groups excluding carboxylic acids is 1. The number of carbonyl (C=O) groups is 1. The van der Waals surface area contributed by atoms with Crippen LogP contribution in [0.25, 0.3) is 0 Å². The van der Waals surface area contributed by atoms with Crippen molar-refractivity contribution >= 4 is 22.4 Å². The molecule has 0 radical (unpaired) electrons. The molecule has 0 bridgehead atoms. The van der Waals surface area contributed by atoms with Crippen LogP contribution in [0.3, 0.4) is 0 Å². The van der Waals surface area contributed by atoms with Crippen molar-refractivity contribution in [1.29, 1.82) is 0 Å². The highest BCUT2D eigenvalue weighted by Crippen LogP contribution is 2.43. The topological polar surface area (TPSA) is 51.2 Å². The van der Waals surface area contributed by atoms with Gasteiger partial charge in [0.25, 0.3) is 5.91 Å². The number of nitrogens with zero attached hydrogens (tertiary/aromatic N) is 1. The number of thiazole rings is 1. The van der Waals surface area contributed by atoms with Crippen LogP contribution in [0, 0.1) is 0 Å². The normalized spacial score (nSPS) is 14.1. The lowest BCUT2D eigenvalue weighted by Crippen LogP contribution is -2.13. The molecule has 1 aliphatic rings. The van der Waals surface area contributed by atoms with Crippen LogP contribution in [0.1, 0.15) is 40.9 Å². The molecule has 1 aromatic heterocycles. The van der Waals surface area contributed by atoms with Gasteiger partial charge in [-0.25, -0.2) is 4.98 Å². The van der Waals surface area contributed by atoms with Gasteiger partial charge in [0.2, 0.25) is 0 Å². The summed E-state index contributed by atoms with van der Waals surface area (Å²) in [5.41, 5.74) is 0.539. The van der Waals surface area contributed by atoms with Crippen LogP contribution in [0.15, 0.2) is 30.5 Å². The van der Waals surface area contributed by atoms with Gasteiger partial charge in [-0.3, -0.25) is 10.1 Å². The first kappa shape index (κ1) is 13.1. The highest BCUT2D eigenvalue weighted by molar-refractivity contribution is 7.15. The summed E-state index contributed by atoms with van der Waals surface area (Å²) in [6.07, 6.45) is 4.35. The lowest BCUT2D eigenvalue weighted by molar-refractivity contribution is 0.102. The molecule has 2 aromatic rings. The molecule has 1 aromatic carbocycles. The Morgan fingerprint density at radius 1 is 1.45 bits per heavy atom. The molecule has 1 N–H and O–H groups in total. The number of para-hydroxylation sites is 1. The number of hydrogen-bond donors (Lipinski definition) is 1. The average Bonchev–Trinajstić information content (AvgIpc) is 3.20. The van der Waals surface area contributed by atoms with E-state index in [1.165, 1.54) is 17.7 Å². The second-order valence-corrected chi connectivity index (χ2v) is 5.79. The Morgan fingerprint density at radius 3 is 3.00 bits per heavy atom. The molecule has 5 heteroatoms. The first-order chi connectivity index (χ1) is 9.78.